The second kappa shape index (κ2) is 9.65. The average molecular weight is 428 g/mol. The highest BCUT2D eigenvalue weighted by atomic mass is 19.1. The minimum atomic E-state index is -1.05. The number of carbonyl (C=O) groups is 2. The van der Waals surface area contributed by atoms with Crippen molar-refractivity contribution in [1.82, 2.24) is 20.0 Å². The highest BCUT2D eigenvalue weighted by Crippen LogP contribution is 2.25. The number of hydrogen-bond donors (Lipinski definition) is 2. The molecule has 2 aromatic heterocycles. The van der Waals surface area contributed by atoms with Crippen LogP contribution in [-0.2, 0) is 16.5 Å². The van der Waals surface area contributed by atoms with Gasteiger partial charge in [-0.15, -0.1) is 5.10 Å². The summed E-state index contributed by atoms with van der Waals surface area (Å²) in [5, 5.41) is 12.9. The maximum Gasteiger partial charge on any atom is 0.413 e. The van der Waals surface area contributed by atoms with Gasteiger partial charge in [-0.3, -0.25) is 15.6 Å². The van der Waals surface area contributed by atoms with Crippen molar-refractivity contribution in [3.05, 3.63) is 53.7 Å². The van der Waals surface area contributed by atoms with Gasteiger partial charge in [0.15, 0.2) is 17.6 Å². The molecule has 0 aliphatic carbocycles. The molecule has 0 fully saturated rings. The molecule has 0 bridgehead atoms. The maximum absolute atomic E-state index is 13.5. The molecule has 0 aliphatic rings. The Bertz CT molecular complexity index is 1070. The number of aromatic nitrogens is 4. The number of ether oxygens (including phenoxy) is 2. The van der Waals surface area contributed by atoms with Crippen LogP contribution in [0.4, 0.5) is 25.5 Å². The standard InChI is InChI=1S/C20H21FN6O4/c1-12-5-4-6-13(9-12)16(10-21)31-20(29)24-18-17(25-26-27(18)2)15-8-7-14(11-22-15)23-19(28)30-3/h4-9,11,16H,10H2,1-3H3,(H,23,28)(H,24,29)/t16-/m1/s1. The Hall–Kier alpha value is -4.02. The van der Waals surface area contributed by atoms with E-state index in [4.69, 9.17) is 4.74 Å². The largest absolute Gasteiger partial charge is 0.453 e. The SMILES string of the molecule is COC(=O)Nc1ccc(-c2nnn(C)c2NC(=O)O[C@H](CF)c2cccc(C)c2)nc1. The molecule has 0 saturated heterocycles. The number of rotatable bonds is 6. The molecule has 2 amide bonds. The van der Waals surface area contributed by atoms with E-state index in [1.807, 2.05) is 13.0 Å². The van der Waals surface area contributed by atoms with Crippen molar-refractivity contribution in [3.63, 3.8) is 0 Å². The molecule has 10 nitrogen and oxygen atoms in total. The van der Waals surface area contributed by atoms with E-state index in [0.717, 1.165) is 5.56 Å². The Balaban J connectivity index is 1.74. The molecule has 3 aromatic rings. The van der Waals surface area contributed by atoms with Gasteiger partial charge in [0.05, 0.1) is 24.7 Å². The lowest BCUT2D eigenvalue weighted by Crippen LogP contribution is -2.20. The van der Waals surface area contributed by atoms with Crippen molar-refractivity contribution in [2.24, 2.45) is 7.05 Å². The predicted molar refractivity (Wildman–Crippen MR) is 110 cm³/mol. The van der Waals surface area contributed by atoms with E-state index in [2.05, 4.69) is 30.7 Å². The fourth-order valence-electron chi connectivity index (χ4n) is 2.76. The van der Waals surface area contributed by atoms with E-state index >= 15 is 0 Å². The van der Waals surface area contributed by atoms with Crippen LogP contribution in [0.2, 0.25) is 0 Å². The first kappa shape index (κ1) is 21.7. The molecule has 1 aromatic carbocycles. The highest BCUT2D eigenvalue weighted by Gasteiger charge is 2.21. The third-order valence-electron chi connectivity index (χ3n) is 4.29. The van der Waals surface area contributed by atoms with Crippen LogP contribution in [0.25, 0.3) is 11.4 Å². The number of alkyl halides is 1. The normalized spacial score (nSPS) is 11.5. The zero-order valence-corrected chi connectivity index (χ0v) is 17.1. The summed E-state index contributed by atoms with van der Waals surface area (Å²) in [7, 11) is 2.83. The van der Waals surface area contributed by atoms with E-state index in [0.29, 0.717) is 16.9 Å². The Morgan fingerprint density at radius 2 is 2.00 bits per heavy atom. The number of carbonyl (C=O) groups excluding carboxylic acids is 2. The minimum Gasteiger partial charge on any atom is -0.453 e. The van der Waals surface area contributed by atoms with Gasteiger partial charge >= 0.3 is 12.2 Å². The van der Waals surface area contributed by atoms with Gasteiger partial charge in [-0.05, 0) is 24.6 Å². The number of hydrogen-bond acceptors (Lipinski definition) is 7. The molecule has 3 rings (SSSR count). The van der Waals surface area contributed by atoms with Gasteiger partial charge in [-0.25, -0.2) is 18.7 Å². The molecule has 0 radical (unpaired) electrons. The molecular weight excluding hydrogens is 407 g/mol. The van der Waals surface area contributed by atoms with E-state index in [-0.39, 0.29) is 11.5 Å². The summed E-state index contributed by atoms with van der Waals surface area (Å²) in [6.07, 6.45) is -1.14. The van der Waals surface area contributed by atoms with Crippen LogP contribution in [0.1, 0.15) is 17.2 Å². The van der Waals surface area contributed by atoms with Gasteiger partial charge in [-0.1, -0.05) is 35.0 Å². The zero-order chi connectivity index (χ0) is 22.4. The molecule has 0 aliphatic heterocycles. The quantitative estimate of drug-likeness (QED) is 0.615. The molecule has 162 valence electrons. The summed E-state index contributed by atoms with van der Waals surface area (Å²) in [5.74, 6) is 0.216. The van der Waals surface area contributed by atoms with E-state index in [1.165, 1.54) is 18.0 Å². The topological polar surface area (TPSA) is 120 Å². The summed E-state index contributed by atoms with van der Waals surface area (Å²) in [5.41, 5.74) is 2.55. The highest BCUT2D eigenvalue weighted by molar-refractivity contribution is 5.88. The van der Waals surface area contributed by atoms with Crippen molar-refractivity contribution in [2.75, 3.05) is 24.4 Å². The second-order valence-corrected chi connectivity index (χ2v) is 6.55. The summed E-state index contributed by atoms with van der Waals surface area (Å²) in [6.45, 7) is 0.995. The van der Waals surface area contributed by atoms with Crippen molar-refractivity contribution in [2.45, 2.75) is 13.0 Å². The number of aryl methyl sites for hydroxylation is 2. The number of nitrogens with one attached hydrogen (secondary N) is 2. The first-order valence-electron chi connectivity index (χ1n) is 9.22. The monoisotopic (exact) mass is 428 g/mol. The third-order valence-corrected chi connectivity index (χ3v) is 4.29. The van der Waals surface area contributed by atoms with Crippen LogP contribution < -0.4 is 10.6 Å². The number of nitrogens with zero attached hydrogens (tertiary/aromatic N) is 4. The molecular formula is C20H21FN6O4. The Morgan fingerprint density at radius 3 is 2.65 bits per heavy atom. The number of methoxy groups -OCH3 is 1. The van der Waals surface area contributed by atoms with Gasteiger partial charge in [0.25, 0.3) is 0 Å². The van der Waals surface area contributed by atoms with E-state index in [9.17, 15) is 14.0 Å². The smallest absolute Gasteiger partial charge is 0.413 e. The Morgan fingerprint density at radius 1 is 1.19 bits per heavy atom. The van der Waals surface area contributed by atoms with Crippen molar-refractivity contribution in [3.8, 4) is 11.4 Å². The molecule has 2 heterocycles. The summed E-state index contributed by atoms with van der Waals surface area (Å²) in [4.78, 5) is 27.9. The number of anilines is 2. The van der Waals surface area contributed by atoms with Gasteiger partial charge in [0.1, 0.15) is 6.67 Å². The van der Waals surface area contributed by atoms with Crippen LogP contribution in [0, 0.1) is 6.92 Å². The Labute approximate surface area is 177 Å². The molecule has 0 spiro atoms. The number of benzene rings is 1. The second-order valence-electron chi connectivity index (χ2n) is 6.55. The predicted octanol–water partition coefficient (Wildman–Crippen LogP) is 3.62. The van der Waals surface area contributed by atoms with E-state index < -0.39 is 25.0 Å². The lowest BCUT2D eigenvalue weighted by molar-refractivity contribution is 0.0928. The number of halogens is 1. The first-order chi connectivity index (χ1) is 14.9. The molecule has 2 N–H and O–H groups in total. The zero-order valence-electron chi connectivity index (χ0n) is 17.1. The van der Waals surface area contributed by atoms with Gasteiger partial charge in [0, 0.05) is 7.05 Å². The number of pyridine rings is 1. The molecule has 11 heteroatoms. The number of amides is 2. The minimum absolute atomic E-state index is 0.216. The molecule has 31 heavy (non-hydrogen) atoms. The van der Waals surface area contributed by atoms with Gasteiger partial charge < -0.3 is 9.47 Å². The molecule has 0 unspecified atom stereocenters. The van der Waals surface area contributed by atoms with Crippen LogP contribution >= 0.6 is 0 Å². The van der Waals surface area contributed by atoms with Gasteiger partial charge in [-0.2, -0.15) is 0 Å². The van der Waals surface area contributed by atoms with Crippen molar-refractivity contribution in [1.29, 1.82) is 0 Å². The third kappa shape index (κ3) is 5.32. The average Bonchev–Trinajstić information content (AvgIpc) is 3.12. The summed E-state index contributed by atoms with van der Waals surface area (Å²) in [6, 6.07) is 10.3. The van der Waals surface area contributed by atoms with Crippen LogP contribution in [-0.4, -0.2) is 45.9 Å². The Kier molecular flexibility index (Phi) is 6.75. The first-order valence-corrected chi connectivity index (χ1v) is 9.22. The van der Waals surface area contributed by atoms with Crippen molar-refractivity contribution < 1.29 is 23.5 Å². The van der Waals surface area contributed by atoms with E-state index in [1.54, 1.807) is 37.4 Å². The van der Waals surface area contributed by atoms with Crippen LogP contribution in [0.5, 0.6) is 0 Å². The summed E-state index contributed by atoms with van der Waals surface area (Å²) >= 11 is 0. The lowest BCUT2D eigenvalue weighted by atomic mass is 10.1. The van der Waals surface area contributed by atoms with Crippen molar-refractivity contribution >= 4 is 23.7 Å². The van der Waals surface area contributed by atoms with Gasteiger partial charge in [0.2, 0.25) is 0 Å². The fourth-order valence-corrected chi connectivity index (χ4v) is 2.76. The fraction of sp³-hybridized carbons (Fsp3) is 0.250. The summed E-state index contributed by atoms with van der Waals surface area (Å²) < 4.78 is 24.6. The molecule has 0 saturated carbocycles. The molecule has 1 atom stereocenters. The van der Waals surface area contributed by atoms with Crippen LogP contribution in [0.3, 0.4) is 0 Å². The maximum atomic E-state index is 13.5. The lowest BCUT2D eigenvalue weighted by Gasteiger charge is -2.16. The van der Waals surface area contributed by atoms with Crippen LogP contribution in [0.15, 0.2) is 42.6 Å².